The molecule has 2 fully saturated rings. The van der Waals surface area contributed by atoms with Gasteiger partial charge in [0.25, 0.3) is 0 Å². The van der Waals surface area contributed by atoms with Gasteiger partial charge >= 0.3 is 0 Å². The Kier molecular flexibility index (Phi) is 12.6. The molecule has 2 N–H and O–H groups in total. The Morgan fingerprint density at radius 2 is 1.79 bits per heavy atom. The Hall–Kier alpha value is 0.310. The molecule has 2 rings (SSSR count). The molecule has 0 aromatic carbocycles. The van der Waals surface area contributed by atoms with E-state index < -0.39 is 0 Å². The van der Waals surface area contributed by atoms with E-state index in [4.69, 9.17) is 0 Å². The second-order valence-electron chi connectivity index (χ2n) is 6.95. The van der Waals surface area contributed by atoms with Crippen molar-refractivity contribution in [3.05, 3.63) is 0 Å². The van der Waals surface area contributed by atoms with Crippen molar-refractivity contribution >= 4 is 41.7 Å². The molecule has 0 spiro atoms. The fourth-order valence-corrected chi connectivity index (χ4v) is 4.31. The van der Waals surface area contributed by atoms with E-state index in [1.54, 1.807) is 0 Å². The summed E-state index contributed by atoms with van der Waals surface area (Å²) in [5.74, 6) is 2.25. The molecule has 0 radical (unpaired) electrons. The average Bonchev–Trinajstić information content (AvgIpc) is 2.62. The zero-order valence-electron chi connectivity index (χ0n) is 15.6. The molecule has 0 aromatic rings. The second-order valence-corrected chi connectivity index (χ2v) is 7.93. The number of hydrogen-bond acceptors (Lipinski definition) is 3. The van der Waals surface area contributed by atoms with E-state index in [1.807, 2.05) is 18.8 Å². The molecular formula is C18H37IN4S. The highest BCUT2D eigenvalue weighted by atomic mass is 127. The lowest BCUT2D eigenvalue weighted by atomic mass is 9.92. The normalized spacial score (nSPS) is 21.3. The van der Waals surface area contributed by atoms with E-state index >= 15 is 0 Å². The third-order valence-corrected chi connectivity index (χ3v) is 5.95. The molecule has 0 amide bonds. The van der Waals surface area contributed by atoms with E-state index in [1.165, 1.54) is 76.6 Å². The number of guanidine groups is 1. The molecule has 1 aliphatic heterocycles. The van der Waals surface area contributed by atoms with Crippen LogP contribution in [0, 0.1) is 0 Å². The topological polar surface area (TPSA) is 39.7 Å². The minimum atomic E-state index is 0. The van der Waals surface area contributed by atoms with Crippen molar-refractivity contribution in [2.75, 3.05) is 38.7 Å². The van der Waals surface area contributed by atoms with E-state index in [9.17, 15) is 0 Å². The Labute approximate surface area is 170 Å². The summed E-state index contributed by atoms with van der Waals surface area (Å²) in [5.41, 5.74) is 0. The highest BCUT2D eigenvalue weighted by Gasteiger charge is 2.26. The fraction of sp³-hybridized carbons (Fsp3) is 0.944. The molecule has 0 bridgehead atoms. The third-order valence-electron chi connectivity index (χ3n) is 5.25. The lowest BCUT2D eigenvalue weighted by Crippen LogP contribution is -2.51. The van der Waals surface area contributed by atoms with E-state index in [-0.39, 0.29) is 24.0 Å². The molecule has 24 heavy (non-hydrogen) atoms. The first-order chi connectivity index (χ1) is 11.3. The molecule has 0 atom stereocenters. The van der Waals surface area contributed by atoms with Gasteiger partial charge in [-0.25, -0.2) is 0 Å². The monoisotopic (exact) mass is 468 g/mol. The number of aliphatic imine (C=N–C) groups is 1. The zero-order chi connectivity index (χ0) is 16.3. The van der Waals surface area contributed by atoms with Gasteiger partial charge in [-0.15, -0.1) is 24.0 Å². The molecule has 2 aliphatic rings. The maximum absolute atomic E-state index is 4.38. The van der Waals surface area contributed by atoms with Crippen LogP contribution in [0.5, 0.6) is 0 Å². The minimum absolute atomic E-state index is 0. The van der Waals surface area contributed by atoms with Gasteiger partial charge < -0.3 is 15.5 Å². The highest BCUT2D eigenvalue weighted by Crippen LogP contribution is 2.25. The van der Waals surface area contributed by atoms with Crippen molar-refractivity contribution in [2.24, 2.45) is 4.99 Å². The average molecular weight is 468 g/mol. The van der Waals surface area contributed by atoms with E-state index in [2.05, 4.69) is 26.8 Å². The number of nitrogens with zero attached hydrogens (tertiary/aromatic N) is 2. The summed E-state index contributed by atoms with van der Waals surface area (Å²) >= 11 is 1.93. The van der Waals surface area contributed by atoms with Crippen molar-refractivity contribution in [1.29, 1.82) is 0 Å². The van der Waals surface area contributed by atoms with Gasteiger partial charge in [-0.3, -0.25) is 4.99 Å². The molecule has 142 valence electrons. The summed E-state index contributed by atoms with van der Waals surface area (Å²) in [7, 11) is 1.88. The first-order valence-electron chi connectivity index (χ1n) is 9.53. The number of likely N-dealkylation sites (tertiary alicyclic amines) is 1. The Morgan fingerprint density at radius 3 is 2.42 bits per heavy atom. The first kappa shape index (κ1) is 22.4. The van der Waals surface area contributed by atoms with Crippen molar-refractivity contribution in [3.8, 4) is 0 Å². The number of piperidine rings is 1. The van der Waals surface area contributed by atoms with Crippen molar-refractivity contribution in [3.63, 3.8) is 0 Å². The van der Waals surface area contributed by atoms with Gasteiger partial charge in [-0.2, -0.15) is 11.8 Å². The standard InChI is InChI=1S/C18H36N4S.HI/c1-19-18(20-12-6-7-15-23-2)21-16-10-13-22(14-11-16)17-8-4-3-5-9-17;/h16-17H,3-15H2,1-2H3,(H2,19,20,21);1H. The second kappa shape index (κ2) is 13.5. The van der Waals surface area contributed by atoms with Crippen LogP contribution in [0.4, 0.5) is 0 Å². The van der Waals surface area contributed by atoms with Crippen LogP contribution in [0.15, 0.2) is 4.99 Å². The molecule has 1 saturated carbocycles. The minimum Gasteiger partial charge on any atom is -0.356 e. The Morgan fingerprint density at radius 1 is 1.08 bits per heavy atom. The van der Waals surface area contributed by atoms with Gasteiger partial charge in [-0.05, 0) is 50.5 Å². The van der Waals surface area contributed by atoms with Gasteiger partial charge in [0.2, 0.25) is 0 Å². The summed E-state index contributed by atoms with van der Waals surface area (Å²) in [6, 6.07) is 1.46. The number of halogens is 1. The quantitative estimate of drug-likeness (QED) is 0.259. The van der Waals surface area contributed by atoms with Gasteiger partial charge in [0, 0.05) is 38.8 Å². The summed E-state index contributed by atoms with van der Waals surface area (Å²) < 4.78 is 0. The molecule has 1 aliphatic carbocycles. The van der Waals surface area contributed by atoms with Crippen LogP contribution in [-0.4, -0.2) is 61.6 Å². The van der Waals surface area contributed by atoms with Crippen LogP contribution in [0.3, 0.4) is 0 Å². The Bertz CT molecular complexity index is 340. The SMILES string of the molecule is CN=C(NCCCCSC)NC1CCN(C2CCCCC2)CC1.I. The van der Waals surface area contributed by atoms with Crippen LogP contribution < -0.4 is 10.6 Å². The molecule has 4 nitrogen and oxygen atoms in total. The van der Waals surface area contributed by atoms with Crippen molar-refractivity contribution in [1.82, 2.24) is 15.5 Å². The van der Waals surface area contributed by atoms with Crippen molar-refractivity contribution in [2.45, 2.75) is 69.9 Å². The molecule has 1 saturated heterocycles. The van der Waals surface area contributed by atoms with Crippen LogP contribution in [0.25, 0.3) is 0 Å². The maximum atomic E-state index is 4.38. The lowest BCUT2D eigenvalue weighted by molar-refractivity contribution is 0.119. The van der Waals surface area contributed by atoms with Crippen LogP contribution in [-0.2, 0) is 0 Å². The first-order valence-corrected chi connectivity index (χ1v) is 10.9. The van der Waals surface area contributed by atoms with Gasteiger partial charge in [-0.1, -0.05) is 19.3 Å². The summed E-state index contributed by atoms with van der Waals surface area (Å²) in [5, 5.41) is 7.09. The summed E-state index contributed by atoms with van der Waals surface area (Å²) in [6.45, 7) is 3.54. The van der Waals surface area contributed by atoms with Crippen molar-refractivity contribution < 1.29 is 0 Å². The largest absolute Gasteiger partial charge is 0.356 e. The smallest absolute Gasteiger partial charge is 0.191 e. The van der Waals surface area contributed by atoms with Crippen LogP contribution >= 0.6 is 35.7 Å². The van der Waals surface area contributed by atoms with Crippen LogP contribution in [0.2, 0.25) is 0 Å². The predicted octanol–water partition coefficient (Wildman–Crippen LogP) is 3.71. The summed E-state index contributed by atoms with van der Waals surface area (Å²) in [6.07, 6.45) is 14.4. The number of unbranched alkanes of at least 4 members (excludes halogenated alkanes) is 1. The molecule has 0 unspecified atom stereocenters. The molecular weight excluding hydrogens is 431 g/mol. The highest BCUT2D eigenvalue weighted by molar-refractivity contribution is 14.0. The molecule has 0 aromatic heterocycles. The number of nitrogens with one attached hydrogen (secondary N) is 2. The number of hydrogen-bond donors (Lipinski definition) is 2. The predicted molar refractivity (Wildman–Crippen MR) is 119 cm³/mol. The third kappa shape index (κ3) is 8.13. The van der Waals surface area contributed by atoms with E-state index in [0.717, 1.165) is 18.5 Å². The van der Waals surface area contributed by atoms with Gasteiger partial charge in [0.15, 0.2) is 5.96 Å². The maximum Gasteiger partial charge on any atom is 0.191 e. The van der Waals surface area contributed by atoms with Gasteiger partial charge in [0.05, 0.1) is 0 Å². The van der Waals surface area contributed by atoms with Gasteiger partial charge in [0.1, 0.15) is 0 Å². The Balaban J connectivity index is 0.00000288. The summed E-state index contributed by atoms with van der Waals surface area (Å²) in [4.78, 5) is 7.13. The zero-order valence-corrected chi connectivity index (χ0v) is 18.7. The molecule has 1 heterocycles. The fourth-order valence-electron chi connectivity index (χ4n) is 3.82. The number of thioether (sulfide) groups is 1. The lowest BCUT2D eigenvalue weighted by Gasteiger charge is -2.39. The van der Waals surface area contributed by atoms with E-state index in [0.29, 0.717) is 6.04 Å². The molecule has 6 heteroatoms. The number of rotatable bonds is 7. The van der Waals surface area contributed by atoms with Crippen LogP contribution in [0.1, 0.15) is 57.8 Å².